The molecule has 2 aliphatic rings. The van der Waals surface area contributed by atoms with E-state index in [1.54, 1.807) is 34.1 Å². The Bertz CT molecular complexity index is 1180. The lowest BCUT2D eigenvalue weighted by Gasteiger charge is -2.35. The Morgan fingerprint density at radius 3 is 1.82 bits per heavy atom. The van der Waals surface area contributed by atoms with Crippen molar-refractivity contribution in [1.29, 1.82) is 0 Å². The number of rotatable bonds is 2. The van der Waals surface area contributed by atoms with Crippen molar-refractivity contribution in [1.82, 2.24) is 4.98 Å². The van der Waals surface area contributed by atoms with Crippen LogP contribution in [0.25, 0.3) is 0 Å². The van der Waals surface area contributed by atoms with Gasteiger partial charge in [0, 0.05) is 29.7 Å². The Kier molecular flexibility index (Phi) is 5.63. The third-order valence-electron chi connectivity index (χ3n) is 6.81. The summed E-state index contributed by atoms with van der Waals surface area (Å²) in [6, 6.07) is 12.0. The average molecular weight is 462 g/mol. The third-order valence-corrected chi connectivity index (χ3v) is 6.81. The number of halogens is 2. The third kappa shape index (κ3) is 3.85. The lowest BCUT2D eigenvalue weighted by molar-refractivity contribution is 0.0959. The Balaban J connectivity index is 1.42. The number of benzene rings is 2. The van der Waals surface area contributed by atoms with Gasteiger partial charge in [0.05, 0.1) is 5.56 Å². The van der Waals surface area contributed by atoms with Crippen molar-refractivity contribution in [3.8, 4) is 0 Å². The highest BCUT2D eigenvalue weighted by Gasteiger charge is 2.32. The molecule has 0 bridgehead atoms. The quantitative estimate of drug-likeness (QED) is 0.519. The highest BCUT2D eigenvalue weighted by Crippen LogP contribution is 2.34. The number of amides is 2. The van der Waals surface area contributed by atoms with Crippen LogP contribution in [-0.4, -0.2) is 28.9 Å². The Hall–Kier alpha value is -3.61. The predicted octanol–water partition coefficient (Wildman–Crippen LogP) is 5.32. The monoisotopic (exact) mass is 461 g/mol. The molecule has 0 radical (unpaired) electrons. The molecule has 3 heterocycles. The van der Waals surface area contributed by atoms with Gasteiger partial charge in [-0.2, -0.15) is 0 Å². The summed E-state index contributed by atoms with van der Waals surface area (Å²) >= 11 is 0. The van der Waals surface area contributed by atoms with Crippen LogP contribution in [0.5, 0.6) is 0 Å². The van der Waals surface area contributed by atoms with Gasteiger partial charge in [0.15, 0.2) is 0 Å². The Morgan fingerprint density at radius 2 is 1.32 bits per heavy atom. The molecule has 0 spiro atoms. The Labute approximate surface area is 197 Å². The van der Waals surface area contributed by atoms with Gasteiger partial charge in [-0.15, -0.1) is 0 Å². The maximum Gasteiger partial charge on any atom is 0.277 e. The number of nitrogens with zero attached hydrogens (tertiary/aromatic N) is 3. The zero-order valence-electron chi connectivity index (χ0n) is 19.1. The van der Waals surface area contributed by atoms with E-state index >= 15 is 0 Å². The minimum absolute atomic E-state index is 0.0436. The average Bonchev–Trinajstić information content (AvgIpc) is 2.83. The van der Waals surface area contributed by atoms with Crippen molar-refractivity contribution in [2.75, 3.05) is 9.80 Å². The smallest absolute Gasteiger partial charge is 0.277 e. The molecule has 2 atom stereocenters. The topological polar surface area (TPSA) is 53.5 Å². The molecule has 0 N–H and O–H groups in total. The molecule has 1 aromatic heterocycles. The van der Waals surface area contributed by atoms with Gasteiger partial charge in [0.1, 0.15) is 17.3 Å². The number of carbonyl (C=O) groups excluding carboxylic acids is 2. The van der Waals surface area contributed by atoms with Gasteiger partial charge in [-0.3, -0.25) is 14.6 Å². The summed E-state index contributed by atoms with van der Waals surface area (Å²) < 4.78 is 27.4. The molecule has 0 saturated carbocycles. The minimum Gasteiger partial charge on any atom is -0.305 e. The van der Waals surface area contributed by atoms with Crippen LogP contribution in [-0.2, 0) is 12.8 Å². The molecule has 2 aromatic carbocycles. The number of hydrogen-bond donors (Lipinski definition) is 0. The van der Waals surface area contributed by atoms with Crippen molar-refractivity contribution >= 4 is 23.2 Å². The van der Waals surface area contributed by atoms with Crippen molar-refractivity contribution in [2.45, 2.75) is 51.6 Å². The molecule has 3 aromatic rings. The van der Waals surface area contributed by atoms with Crippen molar-refractivity contribution in [3.63, 3.8) is 0 Å². The largest absolute Gasteiger partial charge is 0.305 e. The first-order valence-corrected chi connectivity index (χ1v) is 11.5. The van der Waals surface area contributed by atoms with Crippen LogP contribution in [0.1, 0.15) is 58.7 Å². The number of pyridine rings is 1. The van der Waals surface area contributed by atoms with E-state index in [0.717, 1.165) is 24.0 Å². The van der Waals surface area contributed by atoms with Gasteiger partial charge in [0.2, 0.25) is 0 Å². The van der Waals surface area contributed by atoms with E-state index in [1.165, 1.54) is 30.5 Å². The Morgan fingerprint density at radius 1 is 0.794 bits per heavy atom. The zero-order chi connectivity index (χ0) is 24.0. The van der Waals surface area contributed by atoms with Crippen LogP contribution in [0.4, 0.5) is 20.2 Å². The molecular weight excluding hydrogens is 436 g/mol. The molecule has 34 heavy (non-hydrogen) atoms. The number of carbonyl (C=O) groups is 2. The fourth-order valence-electron chi connectivity index (χ4n) is 4.97. The van der Waals surface area contributed by atoms with Gasteiger partial charge in [-0.05, 0) is 99.2 Å². The molecular formula is C27H25F2N3O2. The molecule has 174 valence electrons. The molecule has 0 saturated heterocycles. The fraction of sp³-hybridized carbons (Fsp3) is 0.296. The molecule has 2 amide bonds. The molecule has 2 aliphatic heterocycles. The van der Waals surface area contributed by atoms with Crippen LogP contribution in [0, 0.1) is 11.6 Å². The van der Waals surface area contributed by atoms with E-state index in [1.807, 2.05) is 13.8 Å². The highest BCUT2D eigenvalue weighted by molar-refractivity contribution is 6.09. The number of fused-ring (bicyclic) bond motifs is 2. The SMILES string of the molecule is CC1CCc2cc(F)ccc2N1C(=O)c1ccc(C(=O)N2c3ccc(F)cc3CCC2C)nc1. The predicted molar refractivity (Wildman–Crippen MR) is 126 cm³/mol. The second-order valence-electron chi connectivity index (χ2n) is 9.10. The van der Waals surface area contributed by atoms with E-state index in [9.17, 15) is 18.4 Å². The number of hydrogen-bond acceptors (Lipinski definition) is 3. The molecule has 7 heteroatoms. The standard InChI is InChI=1S/C27H25F2N3O2/c1-16-3-5-18-13-21(28)8-11-24(18)31(16)26(33)20-7-10-23(30-15-20)27(34)32-17(2)4-6-19-14-22(29)9-12-25(19)32/h7-17H,3-6H2,1-2H3. The lowest BCUT2D eigenvalue weighted by Crippen LogP contribution is -2.43. The molecule has 5 nitrogen and oxygen atoms in total. The number of anilines is 2. The van der Waals surface area contributed by atoms with E-state index in [2.05, 4.69) is 4.98 Å². The molecule has 0 aliphatic carbocycles. The summed E-state index contributed by atoms with van der Waals surface area (Å²) in [6.45, 7) is 3.92. The highest BCUT2D eigenvalue weighted by atomic mass is 19.1. The second-order valence-corrected chi connectivity index (χ2v) is 9.10. The maximum absolute atomic E-state index is 13.7. The normalized spacial score (nSPS) is 19.4. The van der Waals surface area contributed by atoms with Gasteiger partial charge in [-0.1, -0.05) is 0 Å². The van der Waals surface area contributed by atoms with Gasteiger partial charge >= 0.3 is 0 Å². The van der Waals surface area contributed by atoms with E-state index < -0.39 is 0 Å². The summed E-state index contributed by atoms with van der Waals surface area (Å²) in [4.78, 5) is 34.3. The second kappa shape index (κ2) is 8.63. The number of aryl methyl sites for hydroxylation is 2. The van der Waals surface area contributed by atoms with Crippen molar-refractivity contribution in [2.24, 2.45) is 0 Å². The van der Waals surface area contributed by atoms with Crippen LogP contribution >= 0.6 is 0 Å². The van der Waals surface area contributed by atoms with Gasteiger partial charge in [-0.25, -0.2) is 8.78 Å². The van der Waals surface area contributed by atoms with E-state index in [0.29, 0.717) is 29.8 Å². The first-order valence-electron chi connectivity index (χ1n) is 11.5. The zero-order valence-corrected chi connectivity index (χ0v) is 19.1. The van der Waals surface area contributed by atoms with Gasteiger partial charge in [0.25, 0.3) is 11.8 Å². The summed E-state index contributed by atoms with van der Waals surface area (Å²) in [6.07, 6.45) is 4.30. The van der Waals surface area contributed by atoms with Crippen LogP contribution in [0.2, 0.25) is 0 Å². The maximum atomic E-state index is 13.7. The van der Waals surface area contributed by atoms with Crippen LogP contribution < -0.4 is 9.80 Å². The van der Waals surface area contributed by atoms with E-state index in [4.69, 9.17) is 0 Å². The molecule has 2 unspecified atom stereocenters. The minimum atomic E-state index is -0.321. The first kappa shape index (κ1) is 22.2. The summed E-state index contributed by atoms with van der Waals surface area (Å²) in [5.74, 6) is -1.16. The summed E-state index contributed by atoms with van der Waals surface area (Å²) in [5.41, 5.74) is 3.58. The lowest BCUT2D eigenvalue weighted by atomic mass is 9.95. The number of aromatic nitrogens is 1. The van der Waals surface area contributed by atoms with E-state index in [-0.39, 0.29) is 41.2 Å². The molecule has 0 fully saturated rings. The van der Waals surface area contributed by atoms with Crippen molar-refractivity contribution in [3.05, 3.63) is 88.7 Å². The summed E-state index contributed by atoms with van der Waals surface area (Å²) in [7, 11) is 0. The van der Waals surface area contributed by atoms with Crippen molar-refractivity contribution < 1.29 is 18.4 Å². The summed E-state index contributed by atoms with van der Waals surface area (Å²) in [5, 5.41) is 0. The van der Waals surface area contributed by atoms with Crippen LogP contribution in [0.3, 0.4) is 0 Å². The first-order chi connectivity index (χ1) is 16.3. The van der Waals surface area contributed by atoms with Crippen LogP contribution in [0.15, 0.2) is 54.7 Å². The van der Waals surface area contributed by atoms with Gasteiger partial charge < -0.3 is 9.80 Å². The molecule has 5 rings (SSSR count). The fourth-order valence-corrected chi connectivity index (χ4v) is 4.97.